The van der Waals surface area contributed by atoms with Gasteiger partial charge in [-0.2, -0.15) is 0 Å². The van der Waals surface area contributed by atoms with Gasteiger partial charge >= 0.3 is 0 Å². The largest absolute Gasteiger partial charge is 0.495 e. The molecule has 0 fully saturated rings. The summed E-state index contributed by atoms with van der Waals surface area (Å²) in [6.45, 7) is 2.47. The normalized spacial score (nSPS) is 22.8. The van der Waals surface area contributed by atoms with Crippen LogP contribution in [0.1, 0.15) is 23.0 Å². The highest BCUT2D eigenvalue weighted by Gasteiger charge is 2.45. The van der Waals surface area contributed by atoms with Crippen LogP contribution in [0.25, 0.3) is 0 Å². The second-order valence-electron chi connectivity index (χ2n) is 7.13. The topological polar surface area (TPSA) is 108 Å². The highest BCUT2D eigenvalue weighted by Crippen LogP contribution is 2.44. The Labute approximate surface area is 172 Å². The number of rotatable bonds is 4. The number of nitrogens with one attached hydrogen (secondary N) is 1. The van der Waals surface area contributed by atoms with Crippen molar-refractivity contribution >= 4 is 17.6 Å². The second kappa shape index (κ2) is 7.75. The number of hydrogen-bond acceptors (Lipinski definition) is 7. The average molecular weight is 412 g/mol. The maximum Gasteiger partial charge on any atom is 0.288 e. The fraction of sp³-hybridized carbons (Fsp3) is 0.286. The summed E-state index contributed by atoms with van der Waals surface area (Å²) in [4.78, 5) is 21.0. The number of amidine groups is 1. The first-order valence-electron chi connectivity index (χ1n) is 9.33. The molecule has 0 bridgehead atoms. The zero-order chi connectivity index (χ0) is 21.3. The summed E-state index contributed by atoms with van der Waals surface area (Å²) in [7, 11) is 1.51. The number of halogens is 1. The SMILES string of the molecule is COc1ccc(C(=O)Nc2ccc(F)c([C@@]3(C)N=C(N)OC4=CCOCC43)c2)nc1. The van der Waals surface area contributed by atoms with Gasteiger partial charge in [-0.3, -0.25) is 4.79 Å². The van der Waals surface area contributed by atoms with Crippen LogP contribution in [0.2, 0.25) is 0 Å². The van der Waals surface area contributed by atoms with Gasteiger partial charge in [0, 0.05) is 11.3 Å². The molecule has 0 radical (unpaired) electrons. The quantitative estimate of drug-likeness (QED) is 0.799. The monoisotopic (exact) mass is 412 g/mol. The number of aromatic nitrogens is 1. The van der Waals surface area contributed by atoms with Crippen molar-refractivity contribution < 1.29 is 23.4 Å². The molecule has 0 spiro atoms. The lowest BCUT2D eigenvalue weighted by molar-refractivity contribution is 0.0531. The van der Waals surface area contributed by atoms with Gasteiger partial charge in [-0.05, 0) is 43.3 Å². The Hall–Kier alpha value is -3.46. The minimum Gasteiger partial charge on any atom is -0.495 e. The van der Waals surface area contributed by atoms with Crippen LogP contribution in [0, 0.1) is 11.7 Å². The number of nitrogens with two attached hydrogens (primary N) is 1. The summed E-state index contributed by atoms with van der Waals surface area (Å²) < 4.78 is 31.0. The van der Waals surface area contributed by atoms with Crippen LogP contribution in [0.5, 0.6) is 5.75 Å². The van der Waals surface area contributed by atoms with Crippen LogP contribution >= 0.6 is 0 Å². The molecule has 0 saturated carbocycles. The first-order valence-corrected chi connectivity index (χ1v) is 9.33. The molecule has 3 heterocycles. The molecule has 2 aromatic rings. The summed E-state index contributed by atoms with van der Waals surface area (Å²) in [6.07, 6.45) is 3.22. The van der Waals surface area contributed by atoms with Gasteiger partial charge in [-0.25, -0.2) is 14.4 Å². The molecule has 2 aliphatic rings. The first kappa shape index (κ1) is 19.8. The molecule has 1 amide bonds. The predicted octanol–water partition coefficient (Wildman–Crippen LogP) is 2.57. The van der Waals surface area contributed by atoms with E-state index in [1.807, 2.05) is 0 Å². The fourth-order valence-corrected chi connectivity index (χ4v) is 3.62. The summed E-state index contributed by atoms with van der Waals surface area (Å²) in [5.41, 5.74) is 5.68. The van der Waals surface area contributed by atoms with Crippen molar-refractivity contribution in [2.75, 3.05) is 25.6 Å². The molecule has 1 aromatic carbocycles. The number of pyridine rings is 1. The van der Waals surface area contributed by atoms with E-state index in [0.717, 1.165) is 0 Å². The van der Waals surface area contributed by atoms with E-state index in [4.69, 9.17) is 19.9 Å². The average Bonchev–Trinajstić information content (AvgIpc) is 2.75. The van der Waals surface area contributed by atoms with E-state index in [-0.39, 0.29) is 23.2 Å². The van der Waals surface area contributed by atoms with Crippen LogP contribution in [-0.4, -0.2) is 37.2 Å². The van der Waals surface area contributed by atoms with Gasteiger partial charge in [-0.15, -0.1) is 0 Å². The molecule has 9 heteroatoms. The number of methoxy groups -OCH3 is 1. The number of nitrogens with zero attached hydrogens (tertiary/aromatic N) is 2. The van der Waals surface area contributed by atoms with E-state index in [2.05, 4.69) is 15.3 Å². The van der Waals surface area contributed by atoms with E-state index in [1.54, 1.807) is 31.2 Å². The van der Waals surface area contributed by atoms with Gasteiger partial charge in [0.2, 0.25) is 0 Å². The molecule has 2 atom stereocenters. The van der Waals surface area contributed by atoms with Crippen molar-refractivity contribution in [3.05, 3.63) is 65.4 Å². The second-order valence-corrected chi connectivity index (χ2v) is 7.13. The zero-order valence-electron chi connectivity index (χ0n) is 16.5. The van der Waals surface area contributed by atoms with Gasteiger partial charge in [-0.1, -0.05) is 0 Å². The maximum absolute atomic E-state index is 14.9. The Bertz CT molecular complexity index is 1040. The summed E-state index contributed by atoms with van der Waals surface area (Å²) in [5, 5.41) is 2.74. The molecule has 8 nitrogen and oxygen atoms in total. The van der Waals surface area contributed by atoms with Crippen molar-refractivity contribution in [2.45, 2.75) is 12.5 Å². The molecule has 1 unspecified atom stereocenters. The lowest BCUT2D eigenvalue weighted by Crippen LogP contribution is -2.44. The fourth-order valence-electron chi connectivity index (χ4n) is 3.62. The lowest BCUT2D eigenvalue weighted by Gasteiger charge is -2.40. The predicted molar refractivity (Wildman–Crippen MR) is 108 cm³/mol. The van der Waals surface area contributed by atoms with Crippen LogP contribution in [0.3, 0.4) is 0 Å². The zero-order valence-corrected chi connectivity index (χ0v) is 16.5. The number of carbonyl (C=O) groups excluding carboxylic acids is 1. The van der Waals surface area contributed by atoms with Crippen LogP contribution < -0.4 is 15.8 Å². The molecule has 30 heavy (non-hydrogen) atoms. The summed E-state index contributed by atoms with van der Waals surface area (Å²) in [5.74, 6) is -0.106. The Morgan fingerprint density at radius 1 is 1.37 bits per heavy atom. The molecular weight excluding hydrogens is 391 g/mol. The molecular formula is C21H21FN4O4. The smallest absolute Gasteiger partial charge is 0.288 e. The number of amides is 1. The molecule has 1 aromatic heterocycles. The van der Waals surface area contributed by atoms with Crippen molar-refractivity contribution in [2.24, 2.45) is 16.6 Å². The number of ether oxygens (including phenoxy) is 3. The van der Waals surface area contributed by atoms with Crippen LogP contribution in [-0.2, 0) is 15.0 Å². The van der Waals surface area contributed by atoms with Gasteiger partial charge in [0.1, 0.15) is 28.6 Å². The Morgan fingerprint density at radius 2 is 2.20 bits per heavy atom. The van der Waals surface area contributed by atoms with Gasteiger partial charge < -0.3 is 25.3 Å². The van der Waals surface area contributed by atoms with E-state index < -0.39 is 17.3 Å². The number of benzene rings is 1. The van der Waals surface area contributed by atoms with E-state index in [1.165, 1.54) is 25.4 Å². The molecule has 0 aliphatic carbocycles. The molecule has 2 aliphatic heterocycles. The number of carbonyl (C=O) groups is 1. The number of anilines is 1. The van der Waals surface area contributed by atoms with Crippen molar-refractivity contribution in [3.63, 3.8) is 0 Å². The summed E-state index contributed by atoms with van der Waals surface area (Å²) in [6, 6.07) is 7.44. The highest BCUT2D eigenvalue weighted by molar-refractivity contribution is 6.02. The third-order valence-corrected chi connectivity index (χ3v) is 5.25. The Kier molecular flexibility index (Phi) is 5.13. The van der Waals surface area contributed by atoms with Gasteiger partial charge in [0.15, 0.2) is 0 Å². The lowest BCUT2D eigenvalue weighted by atomic mass is 9.77. The van der Waals surface area contributed by atoms with Crippen LogP contribution in [0.15, 0.2) is 53.4 Å². The minimum absolute atomic E-state index is 0.0434. The first-order chi connectivity index (χ1) is 14.4. The maximum atomic E-state index is 14.9. The molecule has 4 rings (SSSR count). The van der Waals surface area contributed by atoms with E-state index in [9.17, 15) is 9.18 Å². The van der Waals surface area contributed by atoms with Crippen molar-refractivity contribution in [1.29, 1.82) is 0 Å². The standard InChI is InChI=1S/C21H21FN4O4/c1-21(15-11-29-8-7-18(15)30-20(23)26-21)14-9-12(3-5-16(14)22)25-19(27)17-6-4-13(28-2)10-24-17/h3-7,9-10,15H,8,11H2,1-2H3,(H2,23,26)(H,25,27)/t15?,21-/m1/s1. The number of hydrogen-bond donors (Lipinski definition) is 2. The Morgan fingerprint density at radius 3 is 2.93 bits per heavy atom. The third kappa shape index (κ3) is 3.59. The number of aliphatic imine (C=N–C) groups is 1. The third-order valence-electron chi connectivity index (χ3n) is 5.25. The van der Waals surface area contributed by atoms with Crippen LogP contribution in [0.4, 0.5) is 10.1 Å². The highest BCUT2D eigenvalue weighted by atomic mass is 19.1. The molecule has 3 N–H and O–H groups in total. The van der Waals surface area contributed by atoms with Gasteiger partial charge in [0.05, 0.1) is 32.4 Å². The van der Waals surface area contributed by atoms with E-state index in [0.29, 0.717) is 30.4 Å². The molecule has 0 saturated heterocycles. The number of fused-ring (bicyclic) bond motifs is 1. The summed E-state index contributed by atoms with van der Waals surface area (Å²) >= 11 is 0. The Balaban J connectivity index is 1.66. The van der Waals surface area contributed by atoms with Crippen molar-refractivity contribution in [1.82, 2.24) is 4.98 Å². The minimum atomic E-state index is -1.06. The van der Waals surface area contributed by atoms with Crippen molar-refractivity contribution in [3.8, 4) is 5.75 Å². The van der Waals surface area contributed by atoms with E-state index >= 15 is 0 Å². The van der Waals surface area contributed by atoms with Gasteiger partial charge in [0.25, 0.3) is 11.9 Å². The molecule has 156 valence electrons.